The summed E-state index contributed by atoms with van der Waals surface area (Å²) in [7, 11) is 0. The van der Waals surface area contributed by atoms with Gasteiger partial charge in [0.2, 0.25) is 0 Å². The van der Waals surface area contributed by atoms with Gasteiger partial charge in [-0.25, -0.2) is 29.9 Å². The van der Waals surface area contributed by atoms with Crippen LogP contribution in [0.1, 0.15) is 164 Å². The van der Waals surface area contributed by atoms with Crippen LogP contribution in [0.5, 0.6) is 0 Å². The number of unbranched alkanes of at least 4 members (excludes halogenated alkanes) is 14. The number of aromatic nitrogens is 12. The van der Waals surface area contributed by atoms with Gasteiger partial charge in [-0.15, -0.1) is 0 Å². The highest BCUT2D eigenvalue weighted by Gasteiger charge is 2.06. The fourth-order valence-electron chi connectivity index (χ4n) is 10.5. The van der Waals surface area contributed by atoms with Gasteiger partial charge in [-0.05, 0) is 60.7 Å². The van der Waals surface area contributed by atoms with E-state index in [0.717, 1.165) is 105 Å². The normalized spacial score (nSPS) is 10.5. The number of aryl methyl sites for hydroxylation is 3. The maximum atomic E-state index is 4.60. The SMILES string of the molecule is C.CCCCCCCCCCCc1ncc[nH]1.CCCCCCCCCc1nc2ccccc2[nH]1.Cc1cnc(-c2ccccc2)[nH]1.c1ccc(-c2ncc[nH]2)cc1.c1ccc(Cc2nc3ccccc3[nH]2)cc1.c1ccc(Cc2ncc(-c3ccccc3)[nH]2)cc1. The standard InChI is InChI=1S/C16H14N2.C16H24N2.C14H12N2.C14H26N2.C10H10N2.C9H8N2.CH4/c1-3-7-13(8-4-1)11-16-17-12-15(18-16)14-9-5-2-6-10-14;1-2-3-4-5-6-7-8-13-16-17-14-11-9-10-12-15(14)18-16;1-2-6-11(7-3-1)10-14-15-12-8-4-5-9-13(12)16-14;1-2-3-4-5-6-7-8-9-10-11-14-15-12-13-16-14;1-8-7-11-10(12-8)9-5-3-2-4-6-9;1-2-4-8(5-3-1)9-10-6-7-11-9;/h1-10,12H,11H2,(H,17,18);9-12H,2-8,13H2,1H3,(H,17,18);1-9H,10H2,(H,15,16);12-13H,2-11H2,1H3,(H,15,16);2-7H,1H3,(H,11,12);1-7H,(H,10,11);1H4. The van der Waals surface area contributed by atoms with Crippen LogP contribution >= 0.6 is 0 Å². The maximum absolute atomic E-state index is 4.60. The molecule has 0 aliphatic carbocycles. The molecule has 0 fully saturated rings. The largest absolute Gasteiger partial charge is 0.349 e. The summed E-state index contributed by atoms with van der Waals surface area (Å²) in [5.74, 6) is 6.17. The van der Waals surface area contributed by atoms with Crippen molar-refractivity contribution < 1.29 is 0 Å². The minimum absolute atomic E-state index is 0. The minimum atomic E-state index is 0. The number of nitrogens with one attached hydrogen (secondary N) is 6. The van der Waals surface area contributed by atoms with Gasteiger partial charge in [0.25, 0.3) is 0 Å². The molecule has 13 aromatic rings. The summed E-state index contributed by atoms with van der Waals surface area (Å²) < 4.78 is 0. The molecular weight excluding hydrogens is 1130 g/mol. The van der Waals surface area contributed by atoms with E-state index in [9.17, 15) is 0 Å². The number of aromatic amines is 6. The van der Waals surface area contributed by atoms with Gasteiger partial charge in [-0.2, -0.15) is 0 Å². The van der Waals surface area contributed by atoms with E-state index in [-0.39, 0.29) is 7.43 Å². The van der Waals surface area contributed by atoms with Gasteiger partial charge in [0.05, 0.1) is 34.0 Å². The van der Waals surface area contributed by atoms with Crippen molar-refractivity contribution in [3.63, 3.8) is 0 Å². The second kappa shape index (κ2) is 41.6. The molecule has 12 heteroatoms. The molecule has 13 rings (SSSR count). The Morgan fingerprint density at radius 1 is 0.326 bits per heavy atom. The topological polar surface area (TPSA) is 172 Å². The van der Waals surface area contributed by atoms with E-state index in [0.29, 0.717) is 0 Å². The number of fused-ring (bicyclic) bond motifs is 2. The molecular formula is C80H98N12. The van der Waals surface area contributed by atoms with Crippen LogP contribution in [0.2, 0.25) is 0 Å². The van der Waals surface area contributed by atoms with E-state index in [2.05, 4.69) is 159 Å². The third-order valence-corrected chi connectivity index (χ3v) is 15.4. The van der Waals surface area contributed by atoms with Gasteiger partial charge in [0.15, 0.2) is 0 Å². The molecule has 0 unspecified atom stereocenters. The Labute approximate surface area is 547 Å². The molecule has 0 bridgehead atoms. The summed E-state index contributed by atoms with van der Waals surface area (Å²) in [6, 6.07) is 67.5. The lowest BCUT2D eigenvalue weighted by molar-refractivity contribution is 0.562. The summed E-state index contributed by atoms with van der Waals surface area (Å²) in [5.41, 5.74) is 12.5. The van der Waals surface area contributed by atoms with Crippen molar-refractivity contribution in [1.29, 1.82) is 0 Å². The number of benzene rings is 7. The van der Waals surface area contributed by atoms with Crippen molar-refractivity contribution in [3.05, 3.63) is 277 Å². The lowest BCUT2D eigenvalue weighted by atomic mass is 10.1. The molecule has 6 aromatic heterocycles. The van der Waals surface area contributed by atoms with Crippen molar-refractivity contribution in [2.24, 2.45) is 0 Å². The number of para-hydroxylation sites is 4. The van der Waals surface area contributed by atoms with Crippen LogP contribution in [0.4, 0.5) is 0 Å². The average molecular weight is 1230 g/mol. The third-order valence-electron chi connectivity index (χ3n) is 15.4. The van der Waals surface area contributed by atoms with Crippen molar-refractivity contribution in [2.75, 3.05) is 0 Å². The zero-order valence-corrected chi connectivity index (χ0v) is 53.8. The molecule has 478 valence electrons. The molecule has 0 aliphatic heterocycles. The first kappa shape index (κ1) is 69.8. The first-order chi connectivity index (χ1) is 45.0. The van der Waals surface area contributed by atoms with Crippen molar-refractivity contribution >= 4 is 22.1 Å². The molecule has 92 heavy (non-hydrogen) atoms. The fraction of sp³-hybridized carbons (Fsp3) is 0.300. The summed E-state index contributed by atoms with van der Waals surface area (Å²) >= 11 is 0. The number of nitrogens with zero attached hydrogens (tertiary/aromatic N) is 6. The van der Waals surface area contributed by atoms with Crippen LogP contribution in [0.25, 0.3) is 56.1 Å². The van der Waals surface area contributed by atoms with E-state index >= 15 is 0 Å². The number of hydrogen-bond acceptors (Lipinski definition) is 6. The predicted octanol–water partition coefficient (Wildman–Crippen LogP) is 21.3. The van der Waals surface area contributed by atoms with Gasteiger partial charge in [0.1, 0.15) is 34.9 Å². The van der Waals surface area contributed by atoms with Gasteiger partial charge in [-0.1, -0.05) is 287 Å². The quantitative estimate of drug-likeness (QED) is 0.0311. The Balaban J connectivity index is 0.000000157. The summed E-state index contributed by atoms with van der Waals surface area (Å²) in [5, 5.41) is 0. The van der Waals surface area contributed by atoms with Crippen molar-refractivity contribution in [2.45, 2.75) is 157 Å². The zero-order chi connectivity index (χ0) is 63.0. The Kier molecular flexibility index (Phi) is 31.5. The molecule has 0 saturated carbocycles. The van der Waals surface area contributed by atoms with Crippen LogP contribution < -0.4 is 0 Å². The summed E-state index contributed by atoms with van der Waals surface area (Å²) in [6.45, 7) is 6.54. The monoisotopic (exact) mass is 1230 g/mol. The Morgan fingerprint density at radius 2 is 0.750 bits per heavy atom. The van der Waals surface area contributed by atoms with Crippen LogP contribution in [0.3, 0.4) is 0 Å². The predicted molar refractivity (Wildman–Crippen MR) is 385 cm³/mol. The molecule has 0 spiro atoms. The highest BCUT2D eigenvalue weighted by molar-refractivity contribution is 5.75. The Morgan fingerprint density at radius 3 is 1.23 bits per heavy atom. The van der Waals surface area contributed by atoms with Crippen LogP contribution in [-0.2, 0) is 25.7 Å². The molecule has 6 heterocycles. The molecule has 0 amide bonds. The minimum Gasteiger partial charge on any atom is -0.349 e. The molecule has 0 saturated heterocycles. The molecule has 7 aromatic carbocycles. The van der Waals surface area contributed by atoms with Crippen molar-refractivity contribution in [1.82, 2.24) is 59.8 Å². The van der Waals surface area contributed by atoms with Gasteiger partial charge in [-0.3, -0.25) is 0 Å². The summed E-state index contributed by atoms with van der Waals surface area (Å²) in [4.78, 5) is 45.6. The van der Waals surface area contributed by atoms with Gasteiger partial charge < -0.3 is 29.9 Å². The van der Waals surface area contributed by atoms with Gasteiger partial charge >= 0.3 is 0 Å². The molecule has 0 radical (unpaired) electrons. The van der Waals surface area contributed by atoms with E-state index in [1.807, 2.05) is 153 Å². The van der Waals surface area contributed by atoms with Crippen molar-refractivity contribution in [3.8, 4) is 34.0 Å². The lowest BCUT2D eigenvalue weighted by Crippen LogP contribution is -1.90. The number of imidazole rings is 6. The van der Waals surface area contributed by atoms with E-state index in [1.54, 1.807) is 6.20 Å². The number of hydrogen-bond donors (Lipinski definition) is 6. The van der Waals surface area contributed by atoms with Crippen LogP contribution in [0.15, 0.2) is 237 Å². The number of rotatable bonds is 25. The van der Waals surface area contributed by atoms with Crippen LogP contribution in [0, 0.1) is 6.92 Å². The fourth-order valence-corrected chi connectivity index (χ4v) is 10.5. The van der Waals surface area contributed by atoms with Gasteiger partial charge in [0, 0.05) is 73.5 Å². The Bertz CT molecular complexity index is 3800. The van der Waals surface area contributed by atoms with Crippen LogP contribution in [-0.4, -0.2) is 59.8 Å². The second-order valence-electron chi connectivity index (χ2n) is 22.9. The third kappa shape index (κ3) is 25.7. The smallest absolute Gasteiger partial charge is 0.137 e. The van der Waals surface area contributed by atoms with E-state index in [1.165, 1.54) is 119 Å². The highest BCUT2D eigenvalue weighted by atomic mass is 14.9. The Hall–Kier alpha value is -9.68. The van der Waals surface area contributed by atoms with E-state index < -0.39 is 0 Å². The average Bonchev–Trinajstić information content (AvgIpc) is 2.17. The highest BCUT2D eigenvalue weighted by Crippen LogP contribution is 2.20. The second-order valence-corrected chi connectivity index (χ2v) is 22.9. The van der Waals surface area contributed by atoms with E-state index in [4.69, 9.17) is 0 Å². The zero-order valence-electron chi connectivity index (χ0n) is 53.8. The molecule has 12 nitrogen and oxygen atoms in total. The lowest BCUT2D eigenvalue weighted by Gasteiger charge is -2.01. The molecule has 0 aliphatic rings. The summed E-state index contributed by atoms with van der Waals surface area (Å²) in [6.07, 6.45) is 37.0. The first-order valence-electron chi connectivity index (χ1n) is 33.1. The first-order valence-corrected chi connectivity index (χ1v) is 33.1. The molecule has 6 N–H and O–H groups in total. The maximum Gasteiger partial charge on any atom is 0.137 e. The molecule has 0 atom stereocenters. The number of H-pyrrole nitrogens is 6.